The second kappa shape index (κ2) is 12.2. The largest absolute Gasteiger partial charge is 0.497 e. The number of aromatic nitrogens is 1. The Labute approximate surface area is 182 Å². The van der Waals surface area contributed by atoms with E-state index in [0.717, 1.165) is 29.4 Å². The number of nitrogens with one attached hydrogen (secondary N) is 1. The minimum Gasteiger partial charge on any atom is -0.497 e. The van der Waals surface area contributed by atoms with Gasteiger partial charge >= 0.3 is 0 Å². The number of methoxy groups -OCH3 is 1. The lowest BCUT2D eigenvalue weighted by Gasteiger charge is -2.28. The van der Waals surface area contributed by atoms with Crippen LogP contribution in [-0.4, -0.2) is 49.1 Å². The number of carbonyl (C=O) groups excluding carboxylic acids is 1. The molecule has 156 valence electrons. The molecule has 1 atom stereocenters. The fraction of sp³-hybridized carbons (Fsp3) is 0.474. The number of rotatable bonds is 8. The van der Waals surface area contributed by atoms with Crippen LogP contribution in [0.4, 0.5) is 0 Å². The molecule has 6 nitrogen and oxygen atoms in total. The van der Waals surface area contributed by atoms with Gasteiger partial charge in [-0.2, -0.15) is 0 Å². The molecule has 0 radical (unpaired) electrons. The summed E-state index contributed by atoms with van der Waals surface area (Å²) in [6.45, 7) is 3.20. The molecule has 0 spiro atoms. The summed E-state index contributed by atoms with van der Waals surface area (Å²) < 4.78 is 5.36. The molecule has 1 aromatic heterocycles. The summed E-state index contributed by atoms with van der Waals surface area (Å²) in [4.78, 5) is 19.3. The Morgan fingerprint density at radius 1 is 1.36 bits per heavy atom. The van der Waals surface area contributed by atoms with Crippen molar-refractivity contribution in [1.82, 2.24) is 15.2 Å². The SMILES string of the molecule is COc1cccc(C(CNC(=O)c2csc(CCN)n2)N2CCCC2)c1.Cl.Cl. The van der Waals surface area contributed by atoms with Crippen LogP contribution >= 0.6 is 36.2 Å². The van der Waals surface area contributed by atoms with Gasteiger partial charge in [-0.15, -0.1) is 36.2 Å². The lowest BCUT2D eigenvalue weighted by atomic mass is 10.0. The van der Waals surface area contributed by atoms with Crippen molar-refractivity contribution in [2.24, 2.45) is 5.73 Å². The number of halogens is 2. The topological polar surface area (TPSA) is 80.5 Å². The molecular formula is C19H28Cl2N4O2S. The summed E-state index contributed by atoms with van der Waals surface area (Å²) in [5.74, 6) is 0.709. The van der Waals surface area contributed by atoms with Crippen LogP contribution in [0.5, 0.6) is 5.75 Å². The number of thiazole rings is 1. The van der Waals surface area contributed by atoms with Gasteiger partial charge in [0, 0.05) is 18.3 Å². The summed E-state index contributed by atoms with van der Waals surface area (Å²) in [6.07, 6.45) is 3.10. The molecule has 1 unspecified atom stereocenters. The highest BCUT2D eigenvalue weighted by Crippen LogP contribution is 2.27. The van der Waals surface area contributed by atoms with E-state index in [2.05, 4.69) is 27.3 Å². The lowest BCUT2D eigenvalue weighted by Crippen LogP contribution is -2.37. The van der Waals surface area contributed by atoms with Gasteiger partial charge in [0.15, 0.2) is 0 Å². The van der Waals surface area contributed by atoms with Gasteiger partial charge in [0.2, 0.25) is 0 Å². The normalized spacial score (nSPS) is 14.6. The van der Waals surface area contributed by atoms with E-state index in [1.54, 1.807) is 12.5 Å². The van der Waals surface area contributed by atoms with Crippen LogP contribution in [0.3, 0.4) is 0 Å². The summed E-state index contributed by atoms with van der Waals surface area (Å²) in [7, 11) is 1.67. The molecule has 2 aromatic rings. The Morgan fingerprint density at radius 3 is 2.79 bits per heavy atom. The Hall–Kier alpha value is -1.38. The number of nitrogens with zero attached hydrogens (tertiary/aromatic N) is 2. The first-order valence-corrected chi connectivity index (χ1v) is 9.90. The van der Waals surface area contributed by atoms with Gasteiger partial charge in [-0.25, -0.2) is 4.98 Å². The van der Waals surface area contributed by atoms with Gasteiger partial charge in [0.05, 0.1) is 18.2 Å². The van der Waals surface area contributed by atoms with E-state index < -0.39 is 0 Å². The first-order valence-electron chi connectivity index (χ1n) is 9.02. The van der Waals surface area contributed by atoms with Crippen molar-refractivity contribution in [1.29, 1.82) is 0 Å². The van der Waals surface area contributed by atoms with Gasteiger partial charge in [-0.05, 0) is 50.2 Å². The van der Waals surface area contributed by atoms with Crippen LogP contribution in [0.1, 0.15) is 39.9 Å². The molecule has 1 aromatic carbocycles. The van der Waals surface area contributed by atoms with Crippen molar-refractivity contribution in [3.8, 4) is 5.75 Å². The van der Waals surface area contributed by atoms with Crippen molar-refractivity contribution < 1.29 is 9.53 Å². The average Bonchev–Trinajstić information content (AvgIpc) is 3.34. The predicted octanol–water partition coefficient (Wildman–Crippen LogP) is 3.06. The molecule has 3 N–H and O–H groups in total. The number of hydrogen-bond acceptors (Lipinski definition) is 6. The van der Waals surface area contributed by atoms with Crippen LogP contribution in [-0.2, 0) is 6.42 Å². The zero-order chi connectivity index (χ0) is 18.4. The first-order chi connectivity index (χ1) is 12.7. The lowest BCUT2D eigenvalue weighted by molar-refractivity contribution is 0.0933. The molecule has 9 heteroatoms. The minimum atomic E-state index is -0.128. The highest BCUT2D eigenvalue weighted by molar-refractivity contribution is 7.09. The Bertz CT molecular complexity index is 738. The Morgan fingerprint density at radius 2 is 2.11 bits per heavy atom. The number of hydrogen-bond donors (Lipinski definition) is 2. The zero-order valence-electron chi connectivity index (χ0n) is 15.9. The van der Waals surface area contributed by atoms with E-state index in [9.17, 15) is 4.79 Å². The number of nitrogens with two attached hydrogens (primary N) is 1. The maximum atomic E-state index is 12.5. The van der Waals surface area contributed by atoms with Gasteiger partial charge in [0.25, 0.3) is 5.91 Å². The molecule has 1 saturated heterocycles. The molecule has 1 aliphatic rings. The molecular weight excluding hydrogens is 419 g/mol. The van der Waals surface area contributed by atoms with E-state index in [-0.39, 0.29) is 36.8 Å². The summed E-state index contributed by atoms with van der Waals surface area (Å²) in [5.41, 5.74) is 7.19. The van der Waals surface area contributed by atoms with Crippen molar-refractivity contribution in [2.75, 3.05) is 33.3 Å². The third kappa shape index (κ3) is 6.32. The molecule has 0 bridgehead atoms. The Balaban J connectivity index is 0.00000196. The highest BCUT2D eigenvalue weighted by atomic mass is 35.5. The van der Waals surface area contributed by atoms with Crippen LogP contribution in [0, 0.1) is 0 Å². The summed E-state index contributed by atoms with van der Waals surface area (Å²) in [5, 5.41) is 5.77. The standard InChI is InChI=1S/C19H26N4O2S.2ClH/c1-25-15-6-4-5-14(11-15)17(23-9-2-3-10-23)12-21-19(24)16-13-26-18(22-16)7-8-20;;/h4-6,11,13,17H,2-3,7-10,12,20H2,1H3,(H,21,24);2*1H. The smallest absolute Gasteiger partial charge is 0.270 e. The van der Waals surface area contributed by atoms with Crippen LogP contribution < -0.4 is 15.8 Å². The molecule has 1 aliphatic heterocycles. The molecule has 0 aliphatic carbocycles. The number of carbonyl (C=O) groups is 1. The van der Waals surface area contributed by atoms with Crippen molar-refractivity contribution in [3.63, 3.8) is 0 Å². The van der Waals surface area contributed by atoms with E-state index in [4.69, 9.17) is 10.5 Å². The van der Waals surface area contributed by atoms with Gasteiger partial charge < -0.3 is 15.8 Å². The van der Waals surface area contributed by atoms with Crippen molar-refractivity contribution in [3.05, 3.63) is 45.9 Å². The molecule has 28 heavy (non-hydrogen) atoms. The third-order valence-corrected chi connectivity index (χ3v) is 5.57. The van der Waals surface area contributed by atoms with Crippen LogP contribution in [0.25, 0.3) is 0 Å². The molecule has 1 fully saturated rings. The monoisotopic (exact) mass is 446 g/mol. The van der Waals surface area contributed by atoms with Crippen LogP contribution in [0.2, 0.25) is 0 Å². The Kier molecular flexibility index (Phi) is 10.8. The highest BCUT2D eigenvalue weighted by Gasteiger charge is 2.24. The predicted molar refractivity (Wildman–Crippen MR) is 118 cm³/mol. The van der Waals surface area contributed by atoms with Gasteiger partial charge in [0.1, 0.15) is 11.4 Å². The second-order valence-corrected chi connectivity index (χ2v) is 7.35. The number of ether oxygens (including phenoxy) is 1. The third-order valence-electron chi connectivity index (χ3n) is 4.66. The zero-order valence-corrected chi connectivity index (χ0v) is 18.4. The molecule has 2 heterocycles. The second-order valence-electron chi connectivity index (χ2n) is 6.41. The molecule has 3 rings (SSSR count). The maximum absolute atomic E-state index is 12.5. The first kappa shape index (κ1) is 24.7. The fourth-order valence-electron chi connectivity index (χ4n) is 3.29. The van der Waals surface area contributed by atoms with E-state index in [0.29, 0.717) is 25.2 Å². The van der Waals surface area contributed by atoms with E-state index in [1.165, 1.54) is 24.2 Å². The quantitative estimate of drug-likeness (QED) is 0.650. The fourth-order valence-corrected chi connectivity index (χ4v) is 4.09. The number of benzene rings is 1. The molecule has 1 amide bonds. The van der Waals surface area contributed by atoms with Gasteiger partial charge in [-0.3, -0.25) is 9.69 Å². The number of amides is 1. The molecule has 0 saturated carbocycles. The number of likely N-dealkylation sites (tertiary alicyclic amines) is 1. The van der Waals surface area contributed by atoms with Crippen molar-refractivity contribution in [2.45, 2.75) is 25.3 Å². The van der Waals surface area contributed by atoms with Crippen molar-refractivity contribution >= 4 is 42.1 Å². The van der Waals surface area contributed by atoms with Gasteiger partial charge in [-0.1, -0.05) is 12.1 Å². The maximum Gasteiger partial charge on any atom is 0.270 e. The minimum absolute atomic E-state index is 0. The summed E-state index contributed by atoms with van der Waals surface area (Å²) >= 11 is 1.48. The van der Waals surface area contributed by atoms with E-state index >= 15 is 0 Å². The van der Waals surface area contributed by atoms with E-state index in [1.807, 2.05) is 12.1 Å². The average molecular weight is 447 g/mol. The van der Waals surface area contributed by atoms with Crippen LogP contribution in [0.15, 0.2) is 29.6 Å². The summed E-state index contributed by atoms with van der Waals surface area (Å²) in [6, 6.07) is 8.23.